The van der Waals surface area contributed by atoms with Crippen LogP contribution in [0.4, 0.5) is 11.4 Å². The van der Waals surface area contributed by atoms with Crippen LogP contribution in [-0.4, -0.2) is 27.5 Å². The zero-order valence-electron chi connectivity index (χ0n) is 39.2. The molecule has 7 aromatic rings. The highest BCUT2D eigenvalue weighted by Crippen LogP contribution is 2.48. The van der Waals surface area contributed by atoms with E-state index in [1.54, 1.807) is 0 Å². The van der Waals surface area contributed by atoms with Gasteiger partial charge in [-0.2, -0.15) is 0 Å². The summed E-state index contributed by atoms with van der Waals surface area (Å²) in [6.45, 7) is 6.39. The van der Waals surface area contributed by atoms with Crippen LogP contribution < -0.4 is 0 Å². The number of hydrogen-bond acceptors (Lipinski definition) is 4. The van der Waals surface area contributed by atoms with E-state index in [9.17, 15) is 9.90 Å². The van der Waals surface area contributed by atoms with Crippen LogP contribution in [0.15, 0.2) is 162 Å². The number of benzene rings is 6. The van der Waals surface area contributed by atoms with Crippen molar-refractivity contribution in [2.45, 2.75) is 115 Å². The summed E-state index contributed by atoms with van der Waals surface area (Å²) in [6.07, 6.45) is 11.7. The van der Waals surface area contributed by atoms with Crippen molar-refractivity contribution >= 4 is 28.8 Å². The molecule has 2 fully saturated rings. The van der Waals surface area contributed by atoms with Crippen LogP contribution in [0.5, 0.6) is 0 Å². The summed E-state index contributed by atoms with van der Waals surface area (Å²) < 4.78 is 0. The topological polar surface area (TPSA) is 74.9 Å². The molecular weight excluding hydrogens is 819 g/mol. The van der Waals surface area contributed by atoms with Gasteiger partial charge in [-0.25, -0.2) is 9.78 Å². The number of carbonyl (C=O) groups is 1. The molecule has 1 aromatic heterocycles. The number of carboxylic acid groups (broad SMARTS) is 1. The normalized spacial score (nSPS) is 16.3. The number of nitrogens with zero attached hydrogens (tertiary/aromatic N) is 3. The molecule has 0 bridgehead atoms. The maximum atomic E-state index is 13.4. The van der Waals surface area contributed by atoms with Gasteiger partial charge in [0, 0.05) is 11.8 Å². The SMILES string of the molecule is CC(=Nc1c(C2CCCC2)cc(C)cc1C(c1ccccc1)c1ccccc1)c1nc2c(cc1C(=O)O)CCCC2=Nc1c(C2CCCC2)cc(C)cc1C(c1ccccc1)c1ccccc1. The number of fused-ring (bicyclic) bond motifs is 1. The second-order valence-corrected chi connectivity index (χ2v) is 19.4. The fourth-order valence-corrected chi connectivity index (χ4v) is 11.6. The third-order valence-electron chi connectivity index (χ3n) is 14.7. The molecule has 10 rings (SSSR count). The Morgan fingerprint density at radius 1 is 0.567 bits per heavy atom. The molecule has 5 nitrogen and oxygen atoms in total. The highest BCUT2D eigenvalue weighted by molar-refractivity contribution is 6.10. The average Bonchev–Trinajstić information content (AvgIpc) is 4.11. The molecule has 67 heavy (non-hydrogen) atoms. The second-order valence-electron chi connectivity index (χ2n) is 19.4. The molecule has 0 aliphatic heterocycles. The summed E-state index contributed by atoms with van der Waals surface area (Å²) in [5, 5.41) is 11.0. The molecule has 336 valence electrons. The number of pyridine rings is 1. The van der Waals surface area contributed by atoms with Gasteiger partial charge in [-0.3, -0.25) is 9.98 Å². The van der Waals surface area contributed by atoms with Crippen LogP contribution >= 0.6 is 0 Å². The monoisotopic (exact) mass is 879 g/mol. The van der Waals surface area contributed by atoms with E-state index in [4.69, 9.17) is 15.0 Å². The van der Waals surface area contributed by atoms with Crippen LogP contribution in [0.25, 0.3) is 0 Å². The molecule has 5 heteroatoms. The smallest absolute Gasteiger partial charge is 0.337 e. The van der Waals surface area contributed by atoms with Gasteiger partial charge in [0.15, 0.2) is 0 Å². The summed E-state index contributed by atoms with van der Waals surface area (Å²) in [6, 6.07) is 54.4. The molecule has 0 radical (unpaired) electrons. The fraction of sp³-hybridized carbons (Fsp3) is 0.290. The van der Waals surface area contributed by atoms with Crippen molar-refractivity contribution in [3.05, 3.63) is 230 Å². The Hall–Kier alpha value is -6.72. The number of rotatable bonds is 12. The summed E-state index contributed by atoms with van der Waals surface area (Å²) in [5.74, 6) is -0.288. The van der Waals surface area contributed by atoms with E-state index < -0.39 is 5.97 Å². The number of hydrogen-bond donors (Lipinski definition) is 1. The lowest BCUT2D eigenvalue weighted by Gasteiger charge is -2.26. The van der Waals surface area contributed by atoms with Crippen molar-refractivity contribution in [3.63, 3.8) is 0 Å². The number of aromatic carboxylic acids is 1. The molecule has 3 aliphatic carbocycles. The van der Waals surface area contributed by atoms with Crippen LogP contribution in [0.3, 0.4) is 0 Å². The third kappa shape index (κ3) is 9.22. The first-order valence-electron chi connectivity index (χ1n) is 24.7. The minimum Gasteiger partial charge on any atom is -0.478 e. The lowest BCUT2D eigenvalue weighted by atomic mass is 9.80. The van der Waals surface area contributed by atoms with Gasteiger partial charge >= 0.3 is 5.97 Å². The molecule has 0 atom stereocenters. The standard InChI is InChI=1S/C62H61N3O2/c1-40-35-50(43-21-16-17-22-43)60(52(37-40)56(45-25-8-4-9-26-45)46-27-10-5-11-28-46)63-42(3)58-54(62(66)67)39-49-33-20-34-55(59(49)65-58)64-61-51(44-23-18-19-24-44)36-41(2)38-53(61)57(47-29-12-6-13-30-47)48-31-14-7-15-32-48/h4-15,25-32,35-39,43-44,56-57H,16-24,33-34H2,1-3H3,(H,66,67). The van der Waals surface area contributed by atoms with E-state index in [1.807, 2.05) is 13.0 Å². The van der Waals surface area contributed by atoms with Crippen molar-refractivity contribution < 1.29 is 9.90 Å². The Kier molecular flexibility index (Phi) is 12.9. The number of carboxylic acids is 1. The van der Waals surface area contributed by atoms with E-state index in [0.717, 1.165) is 78.9 Å². The van der Waals surface area contributed by atoms with Gasteiger partial charge in [-0.15, -0.1) is 0 Å². The van der Waals surface area contributed by atoms with Gasteiger partial charge < -0.3 is 5.11 Å². The molecular formula is C62H61N3O2. The predicted molar refractivity (Wildman–Crippen MR) is 275 cm³/mol. The maximum Gasteiger partial charge on any atom is 0.337 e. The molecule has 6 aromatic carbocycles. The molecule has 0 unspecified atom stereocenters. The highest BCUT2D eigenvalue weighted by Gasteiger charge is 2.31. The van der Waals surface area contributed by atoms with Gasteiger partial charge in [-0.05, 0) is 134 Å². The Balaban J connectivity index is 1.17. The number of aryl methyl sites for hydroxylation is 3. The molecule has 1 N–H and O–H groups in total. The molecule has 0 saturated heterocycles. The number of aliphatic imine (C=N–C) groups is 2. The molecule has 0 amide bonds. The van der Waals surface area contributed by atoms with Crippen molar-refractivity contribution in [2.24, 2.45) is 9.98 Å². The molecule has 0 spiro atoms. The zero-order valence-corrected chi connectivity index (χ0v) is 39.2. The zero-order chi connectivity index (χ0) is 45.9. The van der Waals surface area contributed by atoms with E-state index >= 15 is 0 Å². The van der Waals surface area contributed by atoms with E-state index in [-0.39, 0.29) is 17.4 Å². The second kappa shape index (κ2) is 19.6. The lowest BCUT2D eigenvalue weighted by molar-refractivity contribution is 0.0696. The van der Waals surface area contributed by atoms with Crippen LogP contribution in [0.1, 0.15) is 178 Å². The molecule has 3 aliphatic rings. The number of aromatic nitrogens is 1. The first kappa shape index (κ1) is 44.1. The van der Waals surface area contributed by atoms with E-state index in [0.29, 0.717) is 23.2 Å². The molecule has 2 saturated carbocycles. The minimum absolute atomic E-state index is 0.0227. The lowest BCUT2D eigenvalue weighted by Crippen LogP contribution is -2.20. The first-order valence-corrected chi connectivity index (χ1v) is 24.7. The van der Waals surface area contributed by atoms with Gasteiger partial charge in [0.25, 0.3) is 0 Å². The van der Waals surface area contributed by atoms with Crippen LogP contribution in [0.2, 0.25) is 0 Å². The third-order valence-corrected chi connectivity index (χ3v) is 14.7. The van der Waals surface area contributed by atoms with Gasteiger partial charge in [0.1, 0.15) is 0 Å². The fourth-order valence-electron chi connectivity index (χ4n) is 11.6. The van der Waals surface area contributed by atoms with Crippen molar-refractivity contribution in [2.75, 3.05) is 0 Å². The maximum absolute atomic E-state index is 13.4. The summed E-state index contributed by atoms with van der Waals surface area (Å²) in [7, 11) is 0. The Bertz CT molecular complexity index is 2870. The van der Waals surface area contributed by atoms with Crippen molar-refractivity contribution in [1.82, 2.24) is 4.98 Å². The van der Waals surface area contributed by atoms with E-state index in [1.165, 1.54) is 75.8 Å². The van der Waals surface area contributed by atoms with Crippen molar-refractivity contribution in [1.29, 1.82) is 0 Å². The van der Waals surface area contributed by atoms with Gasteiger partial charge in [0.2, 0.25) is 0 Å². The van der Waals surface area contributed by atoms with E-state index in [2.05, 4.69) is 159 Å². The Morgan fingerprint density at radius 2 is 1.00 bits per heavy atom. The van der Waals surface area contributed by atoms with Gasteiger partial charge in [0.05, 0.1) is 39.7 Å². The minimum atomic E-state index is -0.992. The molecule has 1 heterocycles. The van der Waals surface area contributed by atoms with Crippen molar-refractivity contribution in [3.8, 4) is 0 Å². The first-order chi connectivity index (χ1) is 32.8. The quantitative estimate of drug-likeness (QED) is 0.0981. The average molecular weight is 880 g/mol. The predicted octanol–water partition coefficient (Wildman–Crippen LogP) is 15.7. The summed E-state index contributed by atoms with van der Waals surface area (Å²) >= 11 is 0. The Labute approximate surface area is 396 Å². The van der Waals surface area contributed by atoms with Gasteiger partial charge in [-0.1, -0.05) is 182 Å². The summed E-state index contributed by atoms with van der Waals surface area (Å²) in [5.41, 5.74) is 18.1. The largest absolute Gasteiger partial charge is 0.478 e. The van der Waals surface area contributed by atoms with Crippen LogP contribution in [0, 0.1) is 13.8 Å². The highest BCUT2D eigenvalue weighted by atomic mass is 16.4. The summed E-state index contributed by atoms with van der Waals surface area (Å²) in [4.78, 5) is 30.3. The van der Waals surface area contributed by atoms with Crippen LogP contribution in [-0.2, 0) is 6.42 Å². The Morgan fingerprint density at radius 3 is 1.45 bits per heavy atom.